The molecule has 0 heterocycles. The van der Waals surface area contributed by atoms with Gasteiger partial charge in [0.2, 0.25) is 0 Å². The highest BCUT2D eigenvalue weighted by atomic mass is 16.6. The van der Waals surface area contributed by atoms with E-state index < -0.39 is 0 Å². The maximum absolute atomic E-state index is 11.3. The fraction of sp³-hybridized carbons (Fsp3) is 0.900. The normalized spacial score (nSPS) is 26.6. The molecule has 0 aromatic rings. The number of aliphatic hydroxyl groups excluding tert-OH is 1. The third-order valence-corrected chi connectivity index (χ3v) is 2.54. The Hall–Kier alpha value is -0.770. The summed E-state index contributed by atoms with van der Waals surface area (Å²) in [6, 6.07) is 0.0891. The van der Waals surface area contributed by atoms with Crippen LogP contribution in [0, 0.1) is 5.92 Å². The van der Waals surface area contributed by atoms with Crippen LogP contribution < -0.4 is 5.32 Å². The van der Waals surface area contributed by atoms with Crippen LogP contribution in [-0.2, 0) is 4.74 Å². The predicted molar refractivity (Wildman–Crippen MR) is 53.0 cm³/mol. The highest BCUT2D eigenvalue weighted by Gasteiger charge is 2.28. The lowest BCUT2D eigenvalue weighted by atomic mass is 10.1. The third-order valence-electron chi connectivity index (χ3n) is 2.54. The van der Waals surface area contributed by atoms with Gasteiger partial charge >= 0.3 is 6.09 Å². The lowest BCUT2D eigenvalue weighted by Crippen LogP contribution is -2.39. The smallest absolute Gasteiger partial charge is 0.407 e. The Bertz CT molecular complexity index is 194. The summed E-state index contributed by atoms with van der Waals surface area (Å²) < 4.78 is 4.97. The second-order valence-electron chi connectivity index (χ2n) is 4.08. The van der Waals surface area contributed by atoms with Crippen LogP contribution in [-0.4, -0.2) is 30.0 Å². The second-order valence-corrected chi connectivity index (χ2v) is 4.08. The van der Waals surface area contributed by atoms with Crippen molar-refractivity contribution in [2.45, 2.75) is 45.3 Å². The van der Waals surface area contributed by atoms with Crippen molar-refractivity contribution in [1.29, 1.82) is 0 Å². The first-order valence-electron chi connectivity index (χ1n) is 5.21. The number of aliphatic hydroxyl groups is 1. The zero-order valence-corrected chi connectivity index (χ0v) is 8.82. The van der Waals surface area contributed by atoms with Crippen LogP contribution in [0.2, 0.25) is 0 Å². The lowest BCUT2D eigenvalue weighted by molar-refractivity contribution is 0.107. The maximum Gasteiger partial charge on any atom is 0.407 e. The van der Waals surface area contributed by atoms with E-state index in [1.807, 2.05) is 13.8 Å². The van der Waals surface area contributed by atoms with Gasteiger partial charge in [-0.3, -0.25) is 0 Å². The molecule has 4 heteroatoms. The van der Waals surface area contributed by atoms with Gasteiger partial charge in [0.15, 0.2) is 0 Å². The van der Waals surface area contributed by atoms with Gasteiger partial charge in [0.25, 0.3) is 0 Å². The SMILES string of the molecule is CC(C)OC(=O)NC1CCCC1CO. The van der Waals surface area contributed by atoms with Crippen LogP contribution in [0.1, 0.15) is 33.1 Å². The molecule has 1 rings (SSSR count). The summed E-state index contributed by atoms with van der Waals surface area (Å²) in [6.45, 7) is 3.78. The van der Waals surface area contributed by atoms with Gasteiger partial charge in [-0.15, -0.1) is 0 Å². The summed E-state index contributed by atoms with van der Waals surface area (Å²) in [4.78, 5) is 11.3. The molecule has 1 aliphatic carbocycles. The number of nitrogens with one attached hydrogen (secondary N) is 1. The fourth-order valence-electron chi connectivity index (χ4n) is 1.84. The van der Waals surface area contributed by atoms with E-state index in [0.29, 0.717) is 0 Å². The molecular weight excluding hydrogens is 182 g/mol. The quantitative estimate of drug-likeness (QED) is 0.723. The third kappa shape index (κ3) is 3.18. The molecule has 1 fully saturated rings. The van der Waals surface area contributed by atoms with Crippen molar-refractivity contribution < 1.29 is 14.6 Å². The lowest BCUT2D eigenvalue weighted by Gasteiger charge is -2.19. The van der Waals surface area contributed by atoms with Crippen molar-refractivity contribution in [2.75, 3.05) is 6.61 Å². The van der Waals surface area contributed by atoms with Gasteiger partial charge in [-0.05, 0) is 26.7 Å². The largest absolute Gasteiger partial charge is 0.447 e. The first-order valence-corrected chi connectivity index (χ1v) is 5.21. The molecule has 0 radical (unpaired) electrons. The summed E-state index contributed by atoms with van der Waals surface area (Å²) >= 11 is 0. The fourth-order valence-corrected chi connectivity index (χ4v) is 1.84. The number of ether oxygens (including phenoxy) is 1. The number of hydrogen-bond donors (Lipinski definition) is 2. The van der Waals surface area contributed by atoms with Crippen LogP contribution in [0.15, 0.2) is 0 Å². The Morgan fingerprint density at radius 2 is 2.29 bits per heavy atom. The number of carbonyl (C=O) groups is 1. The Labute approximate surface area is 84.6 Å². The average molecular weight is 201 g/mol. The van der Waals surface area contributed by atoms with E-state index in [-0.39, 0.29) is 30.8 Å². The van der Waals surface area contributed by atoms with Gasteiger partial charge in [0, 0.05) is 18.6 Å². The molecule has 0 spiro atoms. The molecule has 2 N–H and O–H groups in total. The zero-order chi connectivity index (χ0) is 10.6. The van der Waals surface area contributed by atoms with Gasteiger partial charge in [-0.2, -0.15) is 0 Å². The number of hydrogen-bond acceptors (Lipinski definition) is 3. The second kappa shape index (κ2) is 5.20. The minimum absolute atomic E-state index is 0.0891. The van der Waals surface area contributed by atoms with E-state index in [4.69, 9.17) is 9.84 Å². The van der Waals surface area contributed by atoms with Crippen LogP contribution in [0.25, 0.3) is 0 Å². The summed E-state index contributed by atoms with van der Waals surface area (Å²) in [5.41, 5.74) is 0. The van der Waals surface area contributed by atoms with Crippen molar-refractivity contribution in [3.63, 3.8) is 0 Å². The molecule has 82 valence electrons. The molecular formula is C10H19NO3. The van der Waals surface area contributed by atoms with Crippen molar-refractivity contribution in [3.8, 4) is 0 Å². The molecule has 0 aliphatic heterocycles. The first-order chi connectivity index (χ1) is 6.63. The molecule has 14 heavy (non-hydrogen) atoms. The zero-order valence-electron chi connectivity index (χ0n) is 8.82. The Balaban J connectivity index is 2.32. The molecule has 0 aromatic heterocycles. The maximum atomic E-state index is 11.3. The molecule has 1 aliphatic rings. The van der Waals surface area contributed by atoms with E-state index >= 15 is 0 Å². The van der Waals surface area contributed by atoms with Gasteiger partial charge in [0.05, 0.1) is 6.10 Å². The topological polar surface area (TPSA) is 58.6 Å². The monoisotopic (exact) mass is 201 g/mol. The average Bonchev–Trinajstić information content (AvgIpc) is 2.50. The Morgan fingerprint density at radius 3 is 2.86 bits per heavy atom. The van der Waals surface area contributed by atoms with Crippen LogP contribution in [0.3, 0.4) is 0 Å². The van der Waals surface area contributed by atoms with E-state index in [2.05, 4.69) is 5.32 Å². The molecule has 1 saturated carbocycles. The molecule has 0 aromatic carbocycles. The summed E-state index contributed by atoms with van der Waals surface area (Å²) in [6.07, 6.45) is 2.54. The minimum atomic E-state index is -0.370. The van der Waals surface area contributed by atoms with Gasteiger partial charge in [-0.25, -0.2) is 4.79 Å². The van der Waals surface area contributed by atoms with Gasteiger partial charge < -0.3 is 15.2 Å². The molecule has 0 saturated heterocycles. The highest BCUT2D eigenvalue weighted by molar-refractivity contribution is 5.67. The van der Waals surface area contributed by atoms with Crippen LogP contribution >= 0.6 is 0 Å². The van der Waals surface area contributed by atoms with Gasteiger partial charge in [-0.1, -0.05) is 6.42 Å². The van der Waals surface area contributed by atoms with E-state index in [1.165, 1.54) is 0 Å². The predicted octanol–water partition coefficient (Wildman–Crippen LogP) is 1.28. The van der Waals surface area contributed by atoms with Crippen molar-refractivity contribution in [2.24, 2.45) is 5.92 Å². The highest BCUT2D eigenvalue weighted by Crippen LogP contribution is 2.24. The van der Waals surface area contributed by atoms with Crippen molar-refractivity contribution in [1.82, 2.24) is 5.32 Å². The summed E-state index contributed by atoms with van der Waals surface area (Å²) in [7, 11) is 0. The molecule has 0 bridgehead atoms. The number of alkyl carbamates (subject to hydrolysis) is 1. The van der Waals surface area contributed by atoms with E-state index in [9.17, 15) is 4.79 Å². The van der Waals surface area contributed by atoms with Gasteiger partial charge in [0.1, 0.15) is 0 Å². The Morgan fingerprint density at radius 1 is 1.57 bits per heavy atom. The molecule has 1 amide bonds. The first kappa shape index (κ1) is 11.3. The minimum Gasteiger partial charge on any atom is -0.447 e. The molecule has 2 unspecified atom stereocenters. The number of carbonyl (C=O) groups excluding carboxylic acids is 1. The summed E-state index contributed by atoms with van der Waals surface area (Å²) in [5.74, 6) is 0.203. The summed E-state index contributed by atoms with van der Waals surface area (Å²) in [5, 5.41) is 11.8. The van der Waals surface area contributed by atoms with Crippen LogP contribution in [0.5, 0.6) is 0 Å². The standard InChI is InChI=1S/C10H19NO3/c1-7(2)14-10(13)11-9-5-3-4-8(9)6-12/h7-9,12H,3-6H2,1-2H3,(H,11,13). The molecule has 2 atom stereocenters. The van der Waals surface area contributed by atoms with Crippen molar-refractivity contribution >= 4 is 6.09 Å². The van der Waals surface area contributed by atoms with Crippen LogP contribution in [0.4, 0.5) is 4.79 Å². The van der Waals surface area contributed by atoms with E-state index in [1.54, 1.807) is 0 Å². The van der Waals surface area contributed by atoms with E-state index in [0.717, 1.165) is 19.3 Å². The number of rotatable bonds is 3. The Kier molecular flexibility index (Phi) is 4.20. The number of amides is 1. The molecule has 4 nitrogen and oxygen atoms in total. The van der Waals surface area contributed by atoms with Crippen molar-refractivity contribution in [3.05, 3.63) is 0 Å².